The van der Waals surface area contributed by atoms with E-state index >= 15 is 0 Å². The second-order valence-electron chi connectivity index (χ2n) is 4.53. The van der Waals surface area contributed by atoms with Crippen molar-refractivity contribution >= 4 is 27.5 Å². The van der Waals surface area contributed by atoms with E-state index in [0.717, 1.165) is 23.1 Å². The van der Waals surface area contributed by atoms with Crippen LogP contribution < -0.4 is 4.90 Å². The highest BCUT2D eigenvalue weighted by Gasteiger charge is 2.48. The van der Waals surface area contributed by atoms with Crippen molar-refractivity contribution in [3.05, 3.63) is 28.7 Å². The number of nitrogens with zero attached hydrogens (tertiary/aromatic N) is 2. The molecule has 1 aromatic rings. The molecule has 2 atom stereocenters. The maximum absolute atomic E-state index is 12.1. The first-order chi connectivity index (χ1) is 7.66. The smallest absolute Gasteiger partial charge is 0.244 e. The predicted octanol–water partition coefficient (Wildman–Crippen LogP) is 1.87. The molecule has 2 fully saturated rings. The number of hydrogen-bond donors (Lipinski definition) is 0. The van der Waals surface area contributed by atoms with Gasteiger partial charge in [-0.05, 0) is 37.7 Å². The molecule has 0 aliphatic carbocycles. The van der Waals surface area contributed by atoms with Gasteiger partial charge < -0.3 is 4.90 Å². The molecule has 16 heavy (non-hydrogen) atoms. The lowest BCUT2D eigenvalue weighted by atomic mass is 10.2. The van der Waals surface area contributed by atoms with Crippen LogP contribution in [0.25, 0.3) is 0 Å². The van der Waals surface area contributed by atoms with Crippen LogP contribution in [0.4, 0.5) is 5.69 Å². The van der Waals surface area contributed by atoms with Crippen molar-refractivity contribution in [1.82, 2.24) is 4.90 Å². The Labute approximate surface area is 103 Å². The van der Waals surface area contributed by atoms with E-state index in [9.17, 15) is 4.79 Å². The Hall–Kier alpha value is -0.870. The Morgan fingerprint density at radius 3 is 2.56 bits per heavy atom. The van der Waals surface area contributed by atoms with E-state index in [1.807, 2.05) is 36.2 Å². The number of halogens is 1. The van der Waals surface area contributed by atoms with Crippen molar-refractivity contribution in [1.29, 1.82) is 0 Å². The van der Waals surface area contributed by atoms with E-state index in [1.165, 1.54) is 0 Å². The maximum Gasteiger partial charge on any atom is 0.244 e. The van der Waals surface area contributed by atoms with Gasteiger partial charge in [0.05, 0.1) is 12.1 Å². The van der Waals surface area contributed by atoms with Gasteiger partial charge in [0, 0.05) is 16.7 Å². The van der Waals surface area contributed by atoms with Gasteiger partial charge in [-0.15, -0.1) is 0 Å². The summed E-state index contributed by atoms with van der Waals surface area (Å²) in [6.07, 6.45) is 0.978. The molecule has 2 aliphatic heterocycles. The number of carbonyl (C=O) groups excluding carboxylic acids is 1. The highest BCUT2D eigenvalue weighted by Crippen LogP contribution is 2.34. The SMILES string of the molecule is CN1CC2CC1C(=O)N2c1ccc(Br)cc1. The first-order valence-electron chi connectivity index (χ1n) is 5.45. The molecule has 0 N–H and O–H groups in total. The lowest BCUT2D eigenvalue weighted by Gasteiger charge is -2.31. The first kappa shape index (κ1) is 10.3. The third kappa shape index (κ3) is 1.40. The van der Waals surface area contributed by atoms with Crippen LogP contribution in [0.5, 0.6) is 0 Å². The van der Waals surface area contributed by atoms with Gasteiger partial charge in [0.15, 0.2) is 0 Å². The van der Waals surface area contributed by atoms with Gasteiger partial charge in [-0.2, -0.15) is 0 Å². The quantitative estimate of drug-likeness (QED) is 0.784. The van der Waals surface area contributed by atoms with Crippen molar-refractivity contribution in [2.75, 3.05) is 18.5 Å². The fourth-order valence-electron chi connectivity index (χ4n) is 2.73. The van der Waals surface area contributed by atoms with E-state index in [0.29, 0.717) is 6.04 Å². The summed E-state index contributed by atoms with van der Waals surface area (Å²) in [6, 6.07) is 8.44. The van der Waals surface area contributed by atoms with E-state index in [4.69, 9.17) is 0 Å². The predicted molar refractivity (Wildman–Crippen MR) is 66.5 cm³/mol. The van der Waals surface area contributed by atoms with Crippen LogP contribution in [-0.2, 0) is 4.79 Å². The molecule has 1 aromatic carbocycles. The molecule has 2 heterocycles. The molecule has 2 unspecified atom stereocenters. The Morgan fingerprint density at radius 2 is 2.00 bits per heavy atom. The van der Waals surface area contributed by atoms with Crippen molar-refractivity contribution in [3.8, 4) is 0 Å². The Balaban J connectivity index is 1.92. The van der Waals surface area contributed by atoms with E-state index in [-0.39, 0.29) is 11.9 Å². The molecule has 3 nitrogen and oxygen atoms in total. The minimum atomic E-state index is 0.105. The second kappa shape index (κ2) is 3.57. The molecular formula is C12H13BrN2O. The average molecular weight is 281 g/mol. The van der Waals surface area contributed by atoms with Gasteiger partial charge in [-0.3, -0.25) is 9.69 Å². The van der Waals surface area contributed by atoms with Crippen molar-refractivity contribution in [2.45, 2.75) is 18.5 Å². The number of piperazine rings is 1. The fourth-order valence-corrected chi connectivity index (χ4v) is 2.99. The molecule has 1 amide bonds. The number of benzene rings is 1. The number of carbonyl (C=O) groups is 1. The number of anilines is 1. The van der Waals surface area contributed by atoms with Gasteiger partial charge in [0.2, 0.25) is 5.91 Å². The summed E-state index contributed by atoms with van der Waals surface area (Å²) in [6.45, 7) is 0.993. The van der Waals surface area contributed by atoms with Gasteiger partial charge in [0.25, 0.3) is 0 Å². The standard InChI is InChI=1S/C12H13BrN2O/c1-14-7-10-6-11(14)12(16)15(10)9-4-2-8(13)3-5-9/h2-5,10-11H,6-7H2,1H3. The number of amides is 1. The number of likely N-dealkylation sites (N-methyl/N-ethyl adjacent to an activating group) is 1. The maximum atomic E-state index is 12.1. The monoisotopic (exact) mass is 280 g/mol. The average Bonchev–Trinajstić information content (AvgIpc) is 2.76. The van der Waals surface area contributed by atoms with Crippen LogP contribution >= 0.6 is 15.9 Å². The molecule has 0 aromatic heterocycles. The molecule has 2 aliphatic rings. The largest absolute Gasteiger partial charge is 0.307 e. The highest BCUT2D eigenvalue weighted by molar-refractivity contribution is 9.10. The third-order valence-corrected chi connectivity index (χ3v) is 4.05. The van der Waals surface area contributed by atoms with Crippen LogP contribution in [0.1, 0.15) is 6.42 Å². The molecule has 0 radical (unpaired) electrons. The Morgan fingerprint density at radius 1 is 1.31 bits per heavy atom. The zero-order valence-electron chi connectivity index (χ0n) is 9.06. The molecule has 2 saturated heterocycles. The zero-order chi connectivity index (χ0) is 11.3. The van der Waals surface area contributed by atoms with Gasteiger partial charge in [0.1, 0.15) is 0 Å². The van der Waals surface area contributed by atoms with E-state index in [2.05, 4.69) is 20.8 Å². The third-order valence-electron chi connectivity index (χ3n) is 3.52. The van der Waals surface area contributed by atoms with Gasteiger partial charge in [-0.1, -0.05) is 15.9 Å². The fraction of sp³-hybridized carbons (Fsp3) is 0.417. The summed E-state index contributed by atoms with van der Waals surface area (Å²) < 4.78 is 1.05. The second-order valence-corrected chi connectivity index (χ2v) is 5.45. The number of hydrogen-bond acceptors (Lipinski definition) is 2. The summed E-state index contributed by atoms with van der Waals surface area (Å²) in [7, 11) is 2.03. The minimum Gasteiger partial charge on any atom is -0.307 e. The highest BCUT2D eigenvalue weighted by atomic mass is 79.9. The molecular weight excluding hydrogens is 268 g/mol. The lowest BCUT2D eigenvalue weighted by Crippen LogP contribution is -2.48. The molecule has 0 saturated carbocycles. The molecule has 3 rings (SSSR count). The number of fused-ring (bicyclic) bond motifs is 2. The molecule has 84 valence electrons. The van der Waals surface area contributed by atoms with Gasteiger partial charge >= 0.3 is 0 Å². The van der Waals surface area contributed by atoms with E-state index < -0.39 is 0 Å². The first-order valence-corrected chi connectivity index (χ1v) is 6.25. The molecule has 2 bridgehead atoms. The van der Waals surface area contributed by atoms with Crippen LogP contribution in [-0.4, -0.2) is 36.5 Å². The van der Waals surface area contributed by atoms with Crippen LogP contribution in [0, 0.1) is 0 Å². The lowest BCUT2D eigenvalue weighted by molar-refractivity contribution is -0.122. The topological polar surface area (TPSA) is 23.6 Å². The number of likely N-dealkylation sites (tertiary alicyclic amines) is 1. The zero-order valence-corrected chi connectivity index (χ0v) is 10.6. The summed E-state index contributed by atoms with van der Waals surface area (Å²) in [4.78, 5) is 16.2. The van der Waals surface area contributed by atoms with Crippen molar-refractivity contribution in [2.24, 2.45) is 0 Å². The Bertz CT molecular complexity index is 431. The summed E-state index contributed by atoms with van der Waals surface area (Å²) in [5.74, 6) is 0.251. The number of rotatable bonds is 1. The van der Waals surface area contributed by atoms with Crippen LogP contribution in [0.15, 0.2) is 28.7 Å². The van der Waals surface area contributed by atoms with Crippen molar-refractivity contribution < 1.29 is 4.79 Å². The summed E-state index contributed by atoms with van der Waals surface area (Å²) in [5, 5.41) is 0. The normalized spacial score (nSPS) is 29.1. The van der Waals surface area contributed by atoms with Crippen LogP contribution in [0.3, 0.4) is 0 Å². The van der Waals surface area contributed by atoms with Crippen LogP contribution in [0.2, 0.25) is 0 Å². The Kier molecular flexibility index (Phi) is 2.30. The summed E-state index contributed by atoms with van der Waals surface area (Å²) in [5.41, 5.74) is 1.02. The molecule has 4 heteroatoms. The minimum absolute atomic E-state index is 0.105. The summed E-state index contributed by atoms with van der Waals surface area (Å²) >= 11 is 3.41. The van der Waals surface area contributed by atoms with Gasteiger partial charge in [-0.25, -0.2) is 0 Å². The molecule has 0 spiro atoms. The van der Waals surface area contributed by atoms with E-state index in [1.54, 1.807) is 0 Å². The van der Waals surface area contributed by atoms with Crippen molar-refractivity contribution in [3.63, 3.8) is 0 Å².